The summed E-state index contributed by atoms with van der Waals surface area (Å²) in [5.41, 5.74) is 0. The summed E-state index contributed by atoms with van der Waals surface area (Å²) >= 11 is 0. The van der Waals surface area contributed by atoms with E-state index in [0.29, 0.717) is 12.8 Å². The van der Waals surface area contributed by atoms with Crippen LogP contribution in [0.2, 0.25) is 0 Å². The van der Waals surface area contributed by atoms with E-state index in [4.69, 9.17) is 0 Å². The number of alkyl halides is 2. The van der Waals surface area contributed by atoms with Crippen LogP contribution in [0.25, 0.3) is 0 Å². The van der Waals surface area contributed by atoms with Crippen molar-refractivity contribution < 1.29 is 13.6 Å². The predicted octanol–water partition coefficient (Wildman–Crippen LogP) is 2.01. The zero-order chi connectivity index (χ0) is 7.78. The average molecular weight is 148 g/mol. The van der Waals surface area contributed by atoms with Crippen molar-refractivity contribution in [2.75, 3.05) is 0 Å². The van der Waals surface area contributed by atoms with E-state index in [2.05, 4.69) is 0 Å². The summed E-state index contributed by atoms with van der Waals surface area (Å²) in [5.74, 6) is -4.69. The Morgan fingerprint density at radius 1 is 1.50 bits per heavy atom. The third-order valence-electron chi connectivity index (χ3n) is 2.09. The average Bonchev–Trinajstić information content (AvgIpc) is 1.57. The van der Waals surface area contributed by atoms with E-state index < -0.39 is 17.6 Å². The minimum absolute atomic E-state index is 0.507. The second-order valence-electron chi connectivity index (χ2n) is 2.81. The molecule has 0 heterocycles. The highest BCUT2D eigenvalue weighted by Crippen LogP contribution is 2.40. The first-order valence-corrected chi connectivity index (χ1v) is 3.44. The molecule has 0 amide bonds. The molecule has 0 N–H and O–H groups in total. The van der Waals surface area contributed by atoms with Gasteiger partial charge in [0.25, 0.3) is 0 Å². The molecule has 0 unspecified atom stereocenters. The Morgan fingerprint density at radius 2 is 2.00 bits per heavy atom. The van der Waals surface area contributed by atoms with Crippen molar-refractivity contribution in [2.45, 2.75) is 32.1 Å². The molecule has 1 nitrogen and oxygen atoms in total. The summed E-state index contributed by atoms with van der Waals surface area (Å²) in [7, 11) is 0. The van der Waals surface area contributed by atoms with Crippen molar-refractivity contribution in [3.63, 3.8) is 0 Å². The third-order valence-corrected chi connectivity index (χ3v) is 2.09. The topological polar surface area (TPSA) is 17.1 Å². The number of rotatable bonds is 2. The Bertz CT molecular complexity index is 150. The molecular formula is C7H10F2O. The molecule has 10 heavy (non-hydrogen) atoms. The van der Waals surface area contributed by atoms with Crippen LogP contribution in [0.5, 0.6) is 0 Å². The summed E-state index contributed by atoms with van der Waals surface area (Å²) in [6.07, 6.45) is 1.85. The van der Waals surface area contributed by atoms with Gasteiger partial charge < -0.3 is 0 Å². The second-order valence-corrected chi connectivity index (χ2v) is 2.81. The Labute approximate surface area is 58.4 Å². The molecule has 3 heteroatoms. The molecule has 0 aromatic carbocycles. The summed E-state index contributed by atoms with van der Waals surface area (Å²) in [6, 6.07) is 0. The minimum Gasteiger partial charge on any atom is -0.293 e. The van der Waals surface area contributed by atoms with Crippen LogP contribution in [-0.4, -0.2) is 11.7 Å². The van der Waals surface area contributed by atoms with Gasteiger partial charge >= 0.3 is 5.92 Å². The Hall–Kier alpha value is -0.470. The Balaban J connectivity index is 2.57. The zero-order valence-electron chi connectivity index (χ0n) is 5.86. The number of halogens is 2. The fraction of sp³-hybridized carbons (Fsp3) is 0.857. The van der Waals surface area contributed by atoms with Crippen molar-refractivity contribution in [2.24, 2.45) is 5.92 Å². The van der Waals surface area contributed by atoms with E-state index in [1.54, 1.807) is 0 Å². The molecule has 0 aliphatic heterocycles. The highest BCUT2D eigenvalue weighted by atomic mass is 19.3. The van der Waals surface area contributed by atoms with Crippen LogP contribution < -0.4 is 0 Å². The highest BCUT2D eigenvalue weighted by molar-refractivity contribution is 5.83. The molecular weight excluding hydrogens is 138 g/mol. The third kappa shape index (κ3) is 1.04. The smallest absolute Gasteiger partial charge is 0.293 e. The monoisotopic (exact) mass is 148 g/mol. The van der Waals surface area contributed by atoms with E-state index >= 15 is 0 Å². The van der Waals surface area contributed by atoms with E-state index in [0.717, 1.165) is 13.3 Å². The van der Waals surface area contributed by atoms with E-state index in [1.165, 1.54) is 0 Å². The maximum Gasteiger partial charge on any atom is 0.307 e. The normalized spacial score (nSPS) is 20.3. The molecule has 0 aromatic rings. The van der Waals surface area contributed by atoms with Crippen molar-refractivity contribution >= 4 is 5.78 Å². The van der Waals surface area contributed by atoms with Crippen LogP contribution in [0, 0.1) is 5.92 Å². The van der Waals surface area contributed by atoms with Gasteiger partial charge in [-0.05, 0) is 12.8 Å². The fourth-order valence-corrected chi connectivity index (χ4v) is 1.06. The van der Waals surface area contributed by atoms with Gasteiger partial charge in [0.2, 0.25) is 0 Å². The molecule has 1 saturated carbocycles. The minimum atomic E-state index is -3.04. The van der Waals surface area contributed by atoms with Gasteiger partial charge in [0.1, 0.15) is 0 Å². The van der Waals surface area contributed by atoms with Gasteiger partial charge in [-0.15, -0.1) is 0 Å². The Kier molecular flexibility index (Phi) is 1.75. The van der Waals surface area contributed by atoms with Crippen LogP contribution in [0.15, 0.2) is 0 Å². The lowest BCUT2D eigenvalue weighted by Gasteiger charge is -2.31. The van der Waals surface area contributed by atoms with Crippen molar-refractivity contribution in [3.8, 4) is 0 Å². The van der Waals surface area contributed by atoms with E-state index in [-0.39, 0.29) is 0 Å². The van der Waals surface area contributed by atoms with Gasteiger partial charge in [0.15, 0.2) is 5.78 Å². The number of hydrogen-bond acceptors (Lipinski definition) is 1. The fourth-order valence-electron chi connectivity index (χ4n) is 1.06. The molecule has 0 spiro atoms. The highest BCUT2D eigenvalue weighted by Gasteiger charge is 2.46. The van der Waals surface area contributed by atoms with Gasteiger partial charge in [-0.1, -0.05) is 6.42 Å². The first-order chi connectivity index (χ1) is 4.55. The molecule has 0 radical (unpaired) electrons. The molecule has 58 valence electrons. The van der Waals surface area contributed by atoms with Crippen molar-refractivity contribution in [3.05, 3.63) is 0 Å². The van der Waals surface area contributed by atoms with E-state index in [9.17, 15) is 13.6 Å². The van der Waals surface area contributed by atoms with Gasteiger partial charge in [-0.25, -0.2) is 0 Å². The number of carbonyl (C=O) groups excluding carboxylic acids is 1. The van der Waals surface area contributed by atoms with Crippen LogP contribution in [0.1, 0.15) is 26.2 Å². The molecule has 0 saturated heterocycles. The lowest BCUT2D eigenvalue weighted by atomic mass is 9.79. The Morgan fingerprint density at radius 3 is 2.10 bits per heavy atom. The first kappa shape index (κ1) is 7.63. The van der Waals surface area contributed by atoms with Gasteiger partial charge in [0, 0.05) is 12.8 Å². The van der Waals surface area contributed by atoms with Crippen LogP contribution in [0.3, 0.4) is 0 Å². The lowest BCUT2D eigenvalue weighted by molar-refractivity contribution is -0.154. The SMILES string of the molecule is CC(=O)C(F)(F)C1CCC1. The van der Waals surface area contributed by atoms with Gasteiger partial charge in [-0.2, -0.15) is 8.78 Å². The predicted molar refractivity (Wildman–Crippen MR) is 33.0 cm³/mol. The molecule has 0 bridgehead atoms. The van der Waals surface area contributed by atoms with Gasteiger partial charge in [-0.3, -0.25) is 4.79 Å². The largest absolute Gasteiger partial charge is 0.307 e. The maximum absolute atomic E-state index is 12.6. The van der Waals surface area contributed by atoms with Gasteiger partial charge in [0.05, 0.1) is 0 Å². The number of ketones is 1. The standard InChI is InChI=1S/C7H10F2O/c1-5(10)7(8,9)6-3-2-4-6/h6H,2-4H2,1H3. The van der Waals surface area contributed by atoms with Crippen molar-refractivity contribution in [1.82, 2.24) is 0 Å². The quantitative estimate of drug-likeness (QED) is 0.585. The zero-order valence-corrected chi connectivity index (χ0v) is 5.86. The lowest BCUT2D eigenvalue weighted by Crippen LogP contribution is -2.39. The van der Waals surface area contributed by atoms with E-state index in [1.807, 2.05) is 0 Å². The summed E-state index contributed by atoms with van der Waals surface area (Å²) in [6.45, 7) is 0.957. The summed E-state index contributed by atoms with van der Waals surface area (Å²) in [4.78, 5) is 10.3. The van der Waals surface area contributed by atoms with Crippen LogP contribution >= 0.6 is 0 Å². The molecule has 1 rings (SSSR count). The summed E-state index contributed by atoms with van der Waals surface area (Å²) in [5, 5.41) is 0. The number of Topliss-reactive ketones (excluding diaryl/α,β-unsaturated/α-hetero) is 1. The second kappa shape index (κ2) is 2.29. The van der Waals surface area contributed by atoms with Crippen molar-refractivity contribution in [1.29, 1.82) is 0 Å². The number of carbonyl (C=O) groups is 1. The molecule has 1 aliphatic carbocycles. The molecule has 1 fully saturated rings. The first-order valence-electron chi connectivity index (χ1n) is 3.44. The summed E-state index contributed by atoms with van der Waals surface area (Å²) < 4.78 is 25.3. The number of hydrogen-bond donors (Lipinski definition) is 0. The molecule has 1 aliphatic rings. The molecule has 0 aromatic heterocycles. The maximum atomic E-state index is 12.6. The van der Waals surface area contributed by atoms with Crippen LogP contribution in [-0.2, 0) is 4.79 Å². The van der Waals surface area contributed by atoms with Crippen LogP contribution in [0.4, 0.5) is 8.78 Å². The molecule has 0 atom stereocenters.